The molecule has 0 fully saturated rings. The molecule has 0 amide bonds. The summed E-state index contributed by atoms with van der Waals surface area (Å²) in [6.07, 6.45) is 0. The molecule has 2 aromatic rings. The SMILES string of the molecule is O=[N+]([O-])c1ccc(-c2c[c]ccc2)cc1. The minimum atomic E-state index is -0.402. The van der Waals surface area contributed by atoms with E-state index < -0.39 is 4.92 Å². The Bertz CT molecular complexity index is 463. The van der Waals surface area contributed by atoms with E-state index in [2.05, 4.69) is 6.07 Å². The van der Waals surface area contributed by atoms with Gasteiger partial charge < -0.3 is 0 Å². The Morgan fingerprint density at radius 3 is 2.33 bits per heavy atom. The molecule has 3 heteroatoms. The lowest BCUT2D eigenvalue weighted by Crippen LogP contribution is -1.86. The maximum Gasteiger partial charge on any atom is 0.269 e. The molecule has 0 bridgehead atoms. The van der Waals surface area contributed by atoms with Crippen LogP contribution in [0.4, 0.5) is 5.69 Å². The minimum Gasteiger partial charge on any atom is -0.258 e. The van der Waals surface area contributed by atoms with Crippen LogP contribution in [0.15, 0.2) is 48.5 Å². The van der Waals surface area contributed by atoms with Crippen molar-refractivity contribution in [2.45, 2.75) is 0 Å². The summed E-state index contributed by atoms with van der Waals surface area (Å²) in [4.78, 5) is 10.0. The zero-order chi connectivity index (χ0) is 10.7. The number of non-ortho nitro benzene ring substituents is 1. The maximum atomic E-state index is 10.4. The molecule has 3 nitrogen and oxygen atoms in total. The Kier molecular flexibility index (Phi) is 2.46. The van der Waals surface area contributed by atoms with Gasteiger partial charge in [0.2, 0.25) is 0 Å². The fraction of sp³-hybridized carbons (Fsp3) is 0. The predicted octanol–water partition coefficient (Wildman–Crippen LogP) is 3.06. The van der Waals surface area contributed by atoms with E-state index in [-0.39, 0.29) is 5.69 Å². The zero-order valence-electron chi connectivity index (χ0n) is 7.88. The van der Waals surface area contributed by atoms with Gasteiger partial charge in [-0.1, -0.05) is 18.2 Å². The molecule has 73 valence electrons. The molecule has 2 aromatic carbocycles. The van der Waals surface area contributed by atoms with Gasteiger partial charge >= 0.3 is 0 Å². The van der Waals surface area contributed by atoms with Crippen molar-refractivity contribution in [3.63, 3.8) is 0 Å². The number of rotatable bonds is 2. The number of nitrogens with zero attached hydrogens (tertiary/aromatic N) is 1. The highest BCUT2D eigenvalue weighted by Crippen LogP contribution is 2.21. The van der Waals surface area contributed by atoms with Crippen LogP contribution in [0.25, 0.3) is 11.1 Å². The number of nitro benzene ring substituents is 1. The second-order valence-corrected chi connectivity index (χ2v) is 3.10. The number of hydrogen-bond donors (Lipinski definition) is 0. The van der Waals surface area contributed by atoms with Crippen LogP contribution >= 0.6 is 0 Å². The molecule has 0 unspecified atom stereocenters. The highest BCUT2D eigenvalue weighted by atomic mass is 16.6. The summed E-state index contributed by atoms with van der Waals surface area (Å²) < 4.78 is 0. The van der Waals surface area contributed by atoms with Gasteiger partial charge in [0.25, 0.3) is 5.69 Å². The van der Waals surface area contributed by atoms with Crippen molar-refractivity contribution in [1.82, 2.24) is 0 Å². The first-order valence-electron chi connectivity index (χ1n) is 4.48. The molecule has 15 heavy (non-hydrogen) atoms. The molecule has 0 spiro atoms. The second-order valence-electron chi connectivity index (χ2n) is 3.10. The third-order valence-corrected chi connectivity index (χ3v) is 2.12. The largest absolute Gasteiger partial charge is 0.269 e. The van der Waals surface area contributed by atoms with Crippen molar-refractivity contribution in [2.24, 2.45) is 0 Å². The van der Waals surface area contributed by atoms with Crippen LogP contribution in [0, 0.1) is 16.2 Å². The normalized spacial score (nSPS) is 9.87. The first kappa shape index (κ1) is 9.40. The Hall–Kier alpha value is -2.16. The van der Waals surface area contributed by atoms with Crippen LogP contribution in [0.1, 0.15) is 0 Å². The molecule has 0 N–H and O–H groups in total. The number of benzene rings is 2. The summed E-state index contributed by atoms with van der Waals surface area (Å²) in [6, 6.07) is 16.9. The minimum absolute atomic E-state index is 0.110. The summed E-state index contributed by atoms with van der Waals surface area (Å²) >= 11 is 0. The summed E-state index contributed by atoms with van der Waals surface area (Å²) in [5.74, 6) is 0. The van der Waals surface area contributed by atoms with Crippen molar-refractivity contribution in [3.05, 3.63) is 64.7 Å². The van der Waals surface area contributed by atoms with E-state index in [1.165, 1.54) is 12.1 Å². The van der Waals surface area contributed by atoms with Gasteiger partial charge in [0, 0.05) is 12.1 Å². The van der Waals surface area contributed by atoms with Gasteiger partial charge in [-0.25, -0.2) is 0 Å². The average Bonchev–Trinajstić information content (AvgIpc) is 2.30. The summed E-state index contributed by atoms with van der Waals surface area (Å²) in [5, 5.41) is 10.4. The van der Waals surface area contributed by atoms with E-state index in [9.17, 15) is 10.1 Å². The van der Waals surface area contributed by atoms with Crippen molar-refractivity contribution < 1.29 is 4.92 Å². The van der Waals surface area contributed by atoms with Gasteiger partial charge in [-0.15, -0.1) is 0 Å². The quantitative estimate of drug-likeness (QED) is 0.549. The molecule has 0 heterocycles. The van der Waals surface area contributed by atoms with Crippen molar-refractivity contribution in [3.8, 4) is 11.1 Å². The first-order chi connectivity index (χ1) is 7.27. The van der Waals surface area contributed by atoms with Crippen LogP contribution in [-0.2, 0) is 0 Å². The van der Waals surface area contributed by atoms with Crippen LogP contribution in [0.5, 0.6) is 0 Å². The van der Waals surface area contributed by atoms with Crippen molar-refractivity contribution in [1.29, 1.82) is 0 Å². The molecule has 1 radical (unpaired) electrons. The summed E-state index contributed by atoms with van der Waals surface area (Å²) in [5.41, 5.74) is 2.07. The molecule has 0 aliphatic heterocycles. The monoisotopic (exact) mass is 198 g/mol. The highest BCUT2D eigenvalue weighted by Gasteiger charge is 2.04. The van der Waals surface area contributed by atoms with Crippen molar-refractivity contribution in [2.75, 3.05) is 0 Å². The van der Waals surface area contributed by atoms with Crippen LogP contribution in [-0.4, -0.2) is 4.92 Å². The molecular formula is C12H8NO2. The third-order valence-electron chi connectivity index (χ3n) is 2.12. The third kappa shape index (κ3) is 2.02. The van der Waals surface area contributed by atoms with E-state index >= 15 is 0 Å². The lowest BCUT2D eigenvalue weighted by atomic mass is 10.1. The molecule has 0 aliphatic carbocycles. The lowest BCUT2D eigenvalue weighted by Gasteiger charge is -1.99. The van der Waals surface area contributed by atoms with E-state index in [4.69, 9.17) is 0 Å². The topological polar surface area (TPSA) is 43.1 Å². The first-order valence-corrected chi connectivity index (χ1v) is 4.48. The van der Waals surface area contributed by atoms with E-state index in [1.54, 1.807) is 12.1 Å². The van der Waals surface area contributed by atoms with Gasteiger partial charge in [0.05, 0.1) is 4.92 Å². The van der Waals surface area contributed by atoms with Crippen LogP contribution in [0.3, 0.4) is 0 Å². The fourth-order valence-electron chi connectivity index (χ4n) is 1.35. The smallest absolute Gasteiger partial charge is 0.258 e. The van der Waals surface area contributed by atoms with Gasteiger partial charge in [0.1, 0.15) is 0 Å². The van der Waals surface area contributed by atoms with Crippen LogP contribution < -0.4 is 0 Å². The molecule has 2 rings (SSSR count). The van der Waals surface area contributed by atoms with Crippen LogP contribution in [0.2, 0.25) is 0 Å². The van der Waals surface area contributed by atoms with Gasteiger partial charge in [-0.3, -0.25) is 10.1 Å². The maximum absolute atomic E-state index is 10.4. The van der Waals surface area contributed by atoms with E-state index in [0.29, 0.717) is 0 Å². The molecule has 0 aromatic heterocycles. The molecule has 0 aliphatic rings. The standard InChI is InChI=1S/C12H8NO2/c14-13(15)12-8-6-11(7-9-12)10-4-2-1-3-5-10/h1-2,4-9H. The lowest BCUT2D eigenvalue weighted by molar-refractivity contribution is -0.384. The van der Waals surface area contributed by atoms with Gasteiger partial charge in [-0.05, 0) is 35.4 Å². The van der Waals surface area contributed by atoms with E-state index in [1.807, 2.05) is 24.3 Å². The molecule has 0 atom stereocenters. The Morgan fingerprint density at radius 1 is 1.07 bits per heavy atom. The van der Waals surface area contributed by atoms with Gasteiger partial charge in [0.15, 0.2) is 0 Å². The summed E-state index contributed by atoms with van der Waals surface area (Å²) in [6.45, 7) is 0. The summed E-state index contributed by atoms with van der Waals surface area (Å²) in [7, 11) is 0. The number of hydrogen-bond acceptors (Lipinski definition) is 2. The Labute approximate surface area is 87.1 Å². The fourth-order valence-corrected chi connectivity index (χ4v) is 1.35. The molecule has 0 saturated carbocycles. The van der Waals surface area contributed by atoms with Crippen molar-refractivity contribution >= 4 is 5.69 Å². The van der Waals surface area contributed by atoms with E-state index in [0.717, 1.165) is 11.1 Å². The average molecular weight is 198 g/mol. The molecule has 0 saturated heterocycles. The molecular weight excluding hydrogens is 190 g/mol. The number of nitro groups is 1. The Balaban J connectivity index is 2.36. The zero-order valence-corrected chi connectivity index (χ0v) is 7.88. The Morgan fingerprint density at radius 2 is 1.80 bits per heavy atom. The highest BCUT2D eigenvalue weighted by molar-refractivity contribution is 5.64. The predicted molar refractivity (Wildman–Crippen MR) is 57.4 cm³/mol. The van der Waals surface area contributed by atoms with Gasteiger partial charge in [-0.2, -0.15) is 0 Å². The second kappa shape index (κ2) is 3.92.